The number of carbonyl (C=O) groups excluding carboxylic acids is 1. The number of anilines is 2. The van der Waals surface area contributed by atoms with Gasteiger partial charge in [-0.15, -0.1) is 0 Å². The van der Waals surface area contributed by atoms with E-state index >= 15 is 0 Å². The number of hydrogen-bond donors (Lipinski definition) is 1. The highest BCUT2D eigenvalue weighted by atomic mass is 16.2. The van der Waals surface area contributed by atoms with Gasteiger partial charge in [-0.05, 0) is 63.1 Å². The van der Waals surface area contributed by atoms with Gasteiger partial charge in [-0.1, -0.05) is 12.8 Å². The molecule has 1 aliphatic heterocycles. The third-order valence-corrected chi connectivity index (χ3v) is 6.22. The predicted molar refractivity (Wildman–Crippen MR) is 113 cm³/mol. The molecule has 2 aliphatic rings. The monoisotopic (exact) mass is 395 g/mol. The maximum atomic E-state index is 12.5. The first-order chi connectivity index (χ1) is 13.8. The van der Waals surface area contributed by atoms with Gasteiger partial charge < -0.3 is 10.2 Å². The molecule has 3 heterocycles. The van der Waals surface area contributed by atoms with Gasteiger partial charge in [0.05, 0.1) is 0 Å². The summed E-state index contributed by atoms with van der Waals surface area (Å²) in [5, 5.41) is 7.43. The molecule has 0 atom stereocenters. The maximum Gasteiger partial charge on any atom is 0.267 e. The molecule has 7 nitrogen and oxygen atoms in total. The van der Waals surface area contributed by atoms with E-state index in [1.165, 1.54) is 36.8 Å². The average molecular weight is 396 g/mol. The Morgan fingerprint density at radius 1 is 1.10 bits per heavy atom. The lowest BCUT2D eigenvalue weighted by atomic mass is 9.86. The van der Waals surface area contributed by atoms with E-state index in [1.54, 1.807) is 6.07 Å². The van der Waals surface area contributed by atoms with Crippen molar-refractivity contribution in [1.29, 1.82) is 0 Å². The van der Waals surface area contributed by atoms with E-state index in [0.29, 0.717) is 11.1 Å². The minimum atomic E-state index is -0.270. The zero-order valence-electron chi connectivity index (χ0n) is 17.5. The van der Waals surface area contributed by atoms with E-state index in [1.807, 2.05) is 32.9 Å². The van der Waals surface area contributed by atoms with Crippen molar-refractivity contribution in [2.45, 2.75) is 59.4 Å². The number of hydrogen-bond acceptors (Lipinski definition) is 5. The Morgan fingerprint density at radius 2 is 1.79 bits per heavy atom. The third kappa shape index (κ3) is 4.18. The third-order valence-electron chi connectivity index (χ3n) is 6.22. The fourth-order valence-electron chi connectivity index (χ4n) is 4.88. The summed E-state index contributed by atoms with van der Waals surface area (Å²) < 4.78 is 1.28. The zero-order chi connectivity index (χ0) is 20.6. The van der Waals surface area contributed by atoms with Crippen molar-refractivity contribution in [1.82, 2.24) is 14.8 Å². The van der Waals surface area contributed by atoms with Crippen LogP contribution in [0.15, 0.2) is 23.0 Å². The van der Waals surface area contributed by atoms with Crippen molar-refractivity contribution >= 4 is 17.4 Å². The Balaban J connectivity index is 1.51. The zero-order valence-corrected chi connectivity index (χ0v) is 17.5. The fourth-order valence-corrected chi connectivity index (χ4v) is 4.88. The molecular formula is C22H29N5O2. The van der Waals surface area contributed by atoms with Gasteiger partial charge >= 0.3 is 0 Å². The van der Waals surface area contributed by atoms with Gasteiger partial charge in [-0.2, -0.15) is 5.10 Å². The van der Waals surface area contributed by atoms with Crippen LogP contribution < -0.4 is 15.8 Å². The molecule has 7 heteroatoms. The lowest BCUT2D eigenvalue weighted by Gasteiger charge is -2.25. The fraction of sp³-hybridized carbons (Fsp3) is 0.545. The molecular weight excluding hydrogens is 366 g/mol. The summed E-state index contributed by atoms with van der Waals surface area (Å²) in [6, 6.07) is 5.22. The Morgan fingerprint density at radius 3 is 2.48 bits per heavy atom. The van der Waals surface area contributed by atoms with Gasteiger partial charge in [0, 0.05) is 36.2 Å². The van der Waals surface area contributed by atoms with Crippen LogP contribution in [0, 0.1) is 26.2 Å². The van der Waals surface area contributed by atoms with Gasteiger partial charge in [0.15, 0.2) is 5.82 Å². The number of carbonyl (C=O) groups is 1. The van der Waals surface area contributed by atoms with E-state index in [2.05, 4.69) is 20.3 Å². The van der Waals surface area contributed by atoms with Crippen LogP contribution in [0.25, 0.3) is 0 Å². The van der Waals surface area contributed by atoms with E-state index < -0.39 is 0 Å². The molecule has 0 radical (unpaired) electrons. The first kappa shape index (κ1) is 19.6. The predicted octanol–water partition coefficient (Wildman–Crippen LogP) is 2.97. The molecule has 154 valence electrons. The summed E-state index contributed by atoms with van der Waals surface area (Å²) in [6.45, 7) is 7.55. The number of amides is 1. The molecule has 2 fully saturated rings. The number of nitrogens with one attached hydrogen (secondary N) is 1. The SMILES string of the molecule is Cc1cc(NC(=O)Cn2nc(N3CCC4(CCCC4)C3)c(C)cc2=O)cc(C)n1. The minimum absolute atomic E-state index is 0.106. The lowest BCUT2D eigenvalue weighted by molar-refractivity contribution is -0.117. The van der Waals surface area contributed by atoms with Gasteiger partial charge in [0.25, 0.3) is 5.56 Å². The topological polar surface area (TPSA) is 80.1 Å². The van der Waals surface area contributed by atoms with E-state index in [-0.39, 0.29) is 18.0 Å². The summed E-state index contributed by atoms with van der Waals surface area (Å²) in [5.41, 5.74) is 3.40. The minimum Gasteiger partial charge on any atom is -0.354 e. The van der Waals surface area contributed by atoms with Crippen LogP contribution in [0.4, 0.5) is 11.5 Å². The number of pyridine rings is 1. The van der Waals surface area contributed by atoms with Gasteiger partial charge in [-0.3, -0.25) is 14.6 Å². The second kappa shape index (κ2) is 7.61. The van der Waals surface area contributed by atoms with Gasteiger partial charge in [-0.25, -0.2) is 4.68 Å². The molecule has 0 unspecified atom stereocenters. The van der Waals surface area contributed by atoms with Crippen LogP contribution in [0.3, 0.4) is 0 Å². The highest BCUT2D eigenvalue weighted by Gasteiger charge is 2.41. The molecule has 1 aliphatic carbocycles. The Labute approximate surface area is 171 Å². The van der Waals surface area contributed by atoms with E-state index in [4.69, 9.17) is 0 Å². The highest BCUT2D eigenvalue weighted by Crippen LogP contribution is 2.46. The largest absolute Gasteiger partial charge is 0.354 e. The Bertz CT molecular complexity index is 971. The molecule has 1 saturated carbocycles. The first-order valence-electron chi connectivity index (χ1n) is 10.4. The van der Waals surface area contributed by atoms with Crippen molar-refractivity contribution in [3.05, 3.63) is 45.5 Å². The average Bonchev–Trinajstić information content (AvgIpc) is 3.26. The van der Waals surface area contributed by atoms with Crippen LogP contribution in [-0.2, 0) is 11.3 Å². The van der Waals surface area contributed by atoms with Crippen molar-refractivity contribution in [3.63, 3.8) is 0 Å². The number of aromatic nitrogens is 3. The summed E-state index contributed by atoms with van der Waals surface area (Å²) in [7, 11) is 0. The van der Waals surface area contributed by atoms with Gasteiger partial charge in [0.1, 0.15) is 6.54 Å². The normalized spacial score (nSPS) is 17.8. The van der Waals surface area contributed by atoms with Crippen molar-refractivity contribution in [2.75, 3.05) is 23.3 Å². The smallest absolute Gasteiger partial charge is 0.267 e. The van der Waals surface area contributed by atoms with Crippen LogP contribution in [0.5, 0.6) is 0 Å². The summed E-state index contributed by atoms with van der Waals surface area (Å²) >= 11 is 0. The Kier molecular flexibility index (Phi) is 5.15. The standard InChI is InChI=1S/C22H29N5O2/c1-15-10-20(29)27(13-19(28)24-18-11-16(2)23-17(3)12-18)25-21(15)26-9-8-22(14-26)6-4-5-7-22/h10-12H,4-9,13-14H2,1-3H3,(H,23,24,28). The Hall–Kier alpha value is -2.70. The van der Waals surface area contributed by atoms with Crippen molar-refractivity contribution in [2.24, 2.45) is 5.41 Å². The van der Waals surface area contributed by atoms with Crippen LogP contribution in [-0.4, -0.2) is 33.8 Å². The van der Waals surface area contributed by atoms with Crippen molar-refractivity contribution < 1.29 is 4.79 Å². The summed E-state index contributed by atoms with van der Waals surface area (Å²) in [5.74, 6) is 0.560. The second-order valence-electron chi connectivity index (χ2n) is 8.71. The molecule has 1 saturated heterocycles. The maximum absolute atomic E-state index is 12.5. The quantitative estimate of drug-likeness (QED) is 0.861. The van der Waals surface area contributed by atoms with Gasteiger partial charge in [0.2, 0.25) is 5.91 Å². The second-order valence-corrected chi connectivity index (χ2v) is 8.71. The van der Waals surface area contributed by atoms with Crippen LogP contribution in [0.1, 0.15) is 49.1 Å². The molecule has 2 aromatic rings. The number of nitrogens with zero attached hydrogens (tertiary/aromatic N) is 4. The number of rotatable bonds is 4. The molecule has 2 aromatic heterocycles. The van der Waals surface area contributed by atoms with Crippen molar-refractivity contribution in [3.8, 4) is 0 Å². The molecule has 29 heavy (non-hydrogen) atoms. The number of aryl methyl sites for hydroxylation is 3. The van der Waals surface area contributed by atoms with E-state index in [9.17, 15) is 9.59 Å². The summed E-state index contributed by atoms with van der Waals surface area (Å²) in [4.78, 5) is 31.6. The molecule has 0 bridgehead atoms. The lowest BCUT2D eigenvalue weighted by Crippen LogP contribution is -2.33. The van der Waals surface area contributed by atoms with Crippen LogP contribution >= 0.6 is 0 Å². The molecule has 1 spiro atoms. The molecule has 1 amide bonds. The highest BCUT2D eigenvalue weighted by molar-refractivity contribution is 5.90. The molecule has 0 aromatic carbocycles. The van der Waals surface area contributed by atoms with Crippen LogP contribution in [0.2, 0.25) is 0 Å². The molecule has 4 rings (SSSR count). The molecule has 1 N–H and O–H groups in total. The summed E-state index contributed by atoms with van der Waals surface area (Å²) in [6.07, 6.45) is 6.39. The first-order valence-corrected chi connectivity index (χ1v) is 10.4. The van der Waals surface area contributed by atoms with E-state index in [0.717, 1.165) is 35.9 Å².